The lowest BCUT2D eigenvalue weighted by molar-refractivity contribution is -0.384. The van der Waals surface area contributed by atoms with Crippen LogP contribution in [0.1, 0.15) is 11.7 Å². The monoisotopic (exact) mass is 199 g/mol. The van der Waals surface area contributed by atoms with Crippen LogP contribution in [0.2, 0.25) is 0 Å². The fourth-order valence-corrected chi connectivity index (χ4v) is 0.939. The van der Waals surface area contributed by atoms with Gasteiger partial charge in [0.05, 0.1) is 4.92 Å². The van der Waals surface area contributed by atoms with Gasteiger partial charge < -0.3 is 5.11 Å². The van der Waals surface area contributed by atoms with Gasteiger partial charge in [-0.1, -0.05) is 12.1 Å². The molecule has 1 aromatic carbocycles. The number of aliphatic carboxylic acids is 1. The summed E-state index contributed by atoms with van der Waals surface area (Å²) < 4.78 is 12.9. The quantitative estimate of drug-likeness (QED) is 0.593. The Bertz CT molecular complexity index is 379. The number of carboxylic acid groups (broad SMARTS) is 1. The average Bonchev–Trinajstić information content (AvgIpc) is 2.16. The van der Waals surface area contributed by atoms with Gasteiger partial charge in [-0.2, -0.15) is 0 Å². The molecule has 1 atom stereocenters. The molecule has 6 heteroatoms. The molecule has 0 aliphatic carbocycles. The zero-order chi connectivity index (χ0) is 10.7. The lowest BCUT2D eigenvalue weighted by Gasteiger charge is -2.01. The van der Waals surface area contributed by atoms with Crippen molar-refractivity contribution in [2.24, 2.45) is 0 Å². The molecule has 0 spiro atoms. The van der Waals surface area contributed by atoms with E-state index in [4.69, 9.17) is 5.11 Å². The molecule has 1 aromatic rings. The van der Waals surface area contributed by atoms with Crippen molar-refractivity contribution in [2.75, 3.05) is 0 Å². The van der Waals surface area contributed by atoms with Crippen LogP contribution < -0.4 is 0 Å². The Morgan fingerprint density at radius 2 is 2.21 bits per heavy atom. The first-order valence-electron chi connectivity index (χ1n) is 3.63. The van der Waals surface area contributed by atoms with E-state index in [1.807, 2.05) is 0 Å². The highest BCUT2D eigenvalue weighted by Crippen LogP contribution is 2.21. The third-order valence-electron chi connectivity index (χ3n) is 1.59. The van der Waals surface area contributed by atoms with Crippen LogP contribution in [0.5, 0.6) is 0 Å². The number of benzene rings is 1. The molecule has 0 aliphatic heterocycles. The maximum atomic E-state index is 12.9. The number of alkyl halides is 1. The standard InChI is InChI=1S/C8H6FNO4/c9-7(8(11)12)5-2-1-3-6(4-5)10(13)14/h1-4,7H,(H,11,12). The van der Waals surface area contributed by atoms with Crippen molar-refractivity contribution >= 4 is 11.7 Å². The number of non-ortho nitro benzene ring substituents is 1. The lowest BCUT2D eigenvalue weighted by Crippen LogP contribution is -2.06. The van der Waals surface area contributed by atoms with Crippen LogP contribution in [0.3, 0.4) is 0 Å². The summed E-state index contributed by atoms with van der Waals surface area (Å²) in [5.41, 5.74) is -0.557. The van der Waals surface area contributed by atoms with Gasteiger partial charge in [-0.15, -0.1) is 0 Å². The predicted molar refractivity (Wildman–Crippen MR) is 44.6 cm³/mol. The number of nitrogens with zero attached hydrogens (tertiary/aromatic N) is 1. The van der Waals surface area contributed by atoms with Gasteiger partial charge in [-0.3, -0.25) is 10.1 Å². The SMILES string of the molecule is O=C(O)C(F)c1cccc([N+](=O)[O-])c1. The maximum absolute atomic E-state index is 12.9. The lowest BCUT2D eigenvalue weighted by atomic mass is 10.1. The van der Waals surface area contributed by atoms with Crippen molar-refractivity contribution in [1.82, 2.24) is 0 Å². The Morgan fingerprint density at radius 1 is 1.57 bits per heavy atom. The van der Waals surface area contributed by atoms with E-state index in [2.05, 4.69) is 0 Å². The van der Waals surface area contributed by atoms with Crippen molar-refractivity contribution in [3.63, 3.8) is 0 Å². The van der Waals surface area contributed by atoms with E-state index in [0.717, 1.165) is 12.1 Å². The molecular weight excluding hydrogens is 193 g/mol. The Morgan fingerprint density at radius 3 is 2.71 bits per heavy atom. The van der Waals surface area contributed by atoms with Crippen molar-refractivity contribution < 1.29 is 19.2 Å². The minimum Gasteiger partial charge on any atom is -0.479 e. The van der Waals surface area contributed by atoms with E-state index in [0.29, 0.717) is 0 Å². The normalized spacial score (nSPS) is 12.1. The largest absolute Gasteiger partial charge is 0.479 e. The number of nitro benzene ring substituents is 1. The molecule has 74 valence electrons. The average molecular weight is 199 g/mol. The number of nitro groups is 1. The molecule has 0 saturated carbocycles. The molecule has 0 fully saturated rings. The summed E-state index contributed by atoms with van der Waals surface area (Å²) in [6.07, 6.45) is -2.23. The Hall–Kier alpha value is -1.98. The summed E-state index contributed by atoms with van der Waals surface area (Å²) >= 11 is 0. The van der Waals surface area contributed by atoms with Gasteiger partial charge in [0.2, 0.25) is 6.17 Å². The maximum Gasteiger partial charge on any atom is 0.343 e. The third-order valence-corrected chi connectivity index (χ3v) is 1.59. The molecule has 0 bridgehead atoms. The minimum atomic E-state index is -2.23. The van der Waals surface area contributed by atoms with Crippen molar-refractivity contribution in [3.8, 4) is 0 Å². The smallest absolute Gasteiger partial charge is 0.343 e. The van der Waals surface area contributed by atoms with Crippen LogP contribution in [0.25, 0.3) is 0 Å². The fourth-order valence-electron chi connectivity index (χ4n) is 0.939. The van der Waals surface area contributed by atoms with E-state index in [1.54, 1.807) is 0 Å². The summed E-state index contributed by atoms with van der Waals surface area (Å²) in [4.78, 5) is 19.8. The second-order valence-corrected chi connectivity index (χ2v) is 2.55. The number of carbonyl (C=O) groups is 1. The van der Waals surface area contributed by atoms with Crippen LogP contribution in [-0.2, 0) is 4.79 Å². The van der Waals surface area contributed by atoms with Crippen LogP contribution >= 0.6 is 0 Å². The molecule has 14 heavy (non-hydrogen) atoms. The number of rotatable bonds is 3. The van der Waals surface area contributed by atoms with Gasteiger partial charge >= 0.3 is 5.97 Å². The Balaban J connectivity index is 3.05. The Labute approximate surface area is 77.9 Å². The first-order valence-corrected chi connectivity index (χ1v) is 3.63. The van der Waals surface area contributed by atoms with Crippen molar-refractivity contribution in [2.45, 2.75) is 6.17 Å². The summed E-state index contributed by atoms with van der Waals surface area (Å²) in [6.45, 7) is 0. The van der Waals surface area contributed by atoms with Gasteiger partial charge in [0.1, 0.15) is 0 Å². The fraction of sp³-hybridized carbons (Fsp3) is 0.125. The van der Waals surface area contributed by atoms with E-state index in [-0.39, 0.29) is 11.3 Å². The van der Waals surface area contributed by atoms with Gasteiger partial charge in [0.15, 0.2) is 0 Å². The topological polar surface area (TPSA) is 80.4 Å². The van der Waals surface area contributed by atoms with Crippen LogP contribution in [0, 0.1) is 10.1 Å². The van der Waals surface area contributed by atoms with E-state index >= 15 is 0 Å². The predicted octanol–water partition coefficient (Wildman–Crippen LogP) is 1.69. The first kappa shape index (κ1) is 10.1. The number of hydrogen-bond donors (Lipinski definition) is 1. The van der Waals surface area contributed by atoms with Crippen LogP contribution in [0.15, 0.2) is 24.3 Å². The summed E-state index contributed by atoms with van der Waals surface area (Å²) in [5, 5.41) is 18.6. The number of carboxylic acids is 1. The van der Waals surface area contributed by atoms with Gasteiger partial charge in [0.25, 0.3) is 5.69 Å². The molecular formula is C8H6FNO4. The molecule has 0 heterocycles. The summed E-state index contributed by atoms with van der Waals surface area (Å²) in [7, 11) is 0. The van der Waals surface area contributed by atoms with E-state index in [1.165, 1.54) is 12.1 Å². The molecule has 0 aliphatic rings. The Kier molecular flexibility index (Phi) is 2.76. The highest BCUT2D eigenvalue weighted by Gasteiger charge is 2.20. The second kappa shape index (κ2) is 3.82. The van der Waals surface area contributed by atoms with Crippen LogP contribution in [0.4, 0.5) is 10.1 Å². The summed E-state index contributed by atoms with van der Waals surface area (Å²) in [5.74, 6) is -1.66. The van der Waals surface area contributed by atoms with Gasteiger partial charge in [-0.25, -0.2) is 9.18 Å². The minimum absolute atomic E-state index is 0.230. The molecule has 5 nitrogen and oxygen atoms in total. The molecule has 0 radical (unpaired) electrons. The van der Waals surface area contributed by atoms with Crippen molar-refractivity contribution in [3.05, 3.63) is 39.9 Å². The van der Waals surface area contributed by atoms with Gasteiger partial charge in [-0.05, 0) is 0 Å². The van der Waals surface area contributed by atoms with Crippen LogP contribution in [-0.4, -0.2) is 16.0 Å². The molecule has 1 rings (SSSR count). The molecule has 1 N–H and O–H groups in total. The van der Waals surface area contributed by atoms with Crippen molar-refractivity contribution in [1.29, 1.82) is 0 Å². The second-order valence-electron chi connectivity index (χ2n) is 2.55. The van der Waals surface area contributed by atoms with E-state index in [9.17, 15) is 19.3 Å². The highest BCUT2D eigenvalue weighted by atomic mass is 19.1. The highest BCUT2D eigenvalue weighted by molar-refractivity contribution is 5.74. The summed E-state index contributed by atoms with van der Waals surface area (Å²) in [6, 6.07) is 4.49. The molecule has 0 aromatic heterocycles. The van der Waals surface area contributed by atoms with E-state index < -0.39 is 17.1 Å². The molecule has 0 saturated heterocycles. The zero-order valence-electron chi connectivity index (χ0n) is 6.88. The third kappa shape index (κ3) is 2.03. The number of hydrogen-bond acceptors (Lipinski definition) is 3. The zero-order valence-corrected chi connectivity index (χ0v) is 6.88. The first-order chi connectivity index (χ1) is 6.52. The van der Waals surface area contributed by atoms with Gasteiger partial charge in [0, 0.05) is 17.7 Å². The molecule has 1 unspecified atom stereocenters. The molecule has 0 amide bonds. The number of halogens is 1.